The predicted molar refractivity (Wildman–Crippen MR) is 215 cm³/mol. The molecule has 5 nitrogen and oxygen atoms in total. The average molecular weight is 707 g/mol. The third kappa shape index (κ3) is 39.4. The zero-order valence-corrected chi connectivity index (χ0v) is 33.7. The zero-order chi connectivity index (χ0) is 36.4. The summed E-state index contributed by atoms with van der Waals surface area (Å²) in [6, 6.07) is 0. The second kappa shape index (κ2) is 42.1. The van der Waals surface area contributed by atoms with Gasteiger partial charge in [0.1, 0.15) is 6.61 Å². The lowest BCUT2D eigenvalue weighted by Crippen LogP contribution is -2.28. The molecule has 0 saturated carbocycles. The molecule has 0 aromatic carbocycles. The minimum atomic E-state index is -0.768. The van der Waals surface area contributed by atoms with Gasteiger partial charge in [0.15, 0.2) is 6.10 Å². The van der Waals surface area contributed by atoms with Crippen LogP contribution in [0.4, 0.5) is 0 Å². The van der Waals surface area contributed by atoms with Gasteiger partial charge in [-0.15, -0.1) is 0 Å². The van der Waals surface area contributed by atoms with Crippen molar-refractivity contribution in [3.05, 3.63) is 12.2 Å². The van der Waals surface area contributed by atoms with Crippen molar-refractivity contribution in [3.63, 3.8) is 0 Å². The van der Waals surface area contributed by atoms with E-state index >= 15 is 0 Å². The van der Waals surface area contributed by atoms with Crippen molar-refractivity contribution in [3.8, 4) is 0 Å². The molecule has 0 radical (unpaired) electrons. The van der Waals surface area contributed by atoms with E-state index in [1.54, 1.807) is 0 Å². The molecule has 0 heterocycles. The van der Waals surface area contributed by atoms with Crippen LogP contribution in [0.5, 0.6) is 0 Å². The summed E-state index contributed by atoms with van der Waals surface area (Å²) >= 11 is 0. The Morgan fingerprint density at radius 3 is 1.10 bits per heavy atom. The molecule has 0 aliphatic carbocycles. The normalized spacial score (nSPS) is 12.1. The second-order valence-corrected chi connectivity index (χ2v) is 15.1. The molecule has 0 aromatic heterocycles. The highest BCUT2D eigenvalue weighted by Crippen LogP contribution is 2.16. The zero-order valence-electron chi connectivity index (χ0n) is 33.7. The minimum absolute atomic E-state index is 0.0642. The third-order valence-electron chi connectivity index (χ3n) is 10.1. The summed E-state index contributed by atoms with van der Waals surface area (Å²) in [6.07, 6.45) is 48.6. The van der Waals surface area contributed by atoms with Crippen molar-refractivity contribution in [1.29, 1.82) is 0 Å². The lowest BCUT2D eigenvalue weighted by Gasteiger charge is -2.15. The topological polar surface area (TPSA) is 72.8 Å². The molecule has 1 atom stereocenters. The van der Waals surface area contributed by atoms with Gasteiger partial charge in [0.25, 0.3) is 0 Å². The van der Waals surface area contributed by atoms with Crippen molar-refractivity contribution in [1.82, 2.24) is 0 Å². The molecule has 0 amide bonds. The Kier molecular flexibility index (Phi) is 40.9. The number of carbonyl (C=O) groups excluding carboxylic acids is 2. The average Bonchev–Trinajstić information content (AvgIpc) is 3.12. The molecule has 0 rings (SSSR count). The van der Waals surface area contributed by atoms with Crippen molar-refractivity contribution >= 4 is 11.9 Å². The molecule has 0 aliphatic heterocycles. The summed E-state index contributed by atoms with van der Waals surface area (Å²) in [5.41, 5.74) is 0. The van der Waals surface area contributed by atoms with E-state index in [9.17, 15) is 14.7 Å². The Balaban J connectivity index is 3.45. The van der Waals surface area contributed by atoms with Crippen LogP contribution >= 0.6 is 0 Å². The van der Waals surface area contributed by atoms with Crippen molar-refractivity contribution in [2.45, 2.75) is 251 Å². The van der Waals surface area contributed by atoms with Crippen LogP contribution in [0.3, 0.4) is 0 Å². The Bertz CT molecular complexity index is 720. The summed E-state index contributed by atoms with van der Waals surface area (Å²) in [7, 11) is 0. The van der Waals surface area contributed by atoms with Gasteiger partial charge in [0.2, 0.25) is 0 Å². The number of ether oxygens (including phenoxy) is 2. The molecule has 0 saturated heterocycles. The van der Waals surface area contributed by atoms with Crippen LogP contribution in [0.1, 0.15) is 245 Å². The van der Waals surface area contributed by atoms with Gasteiger partial charge in [-0.2, -0.15) is 0 Å². The quantitative estimate of drug-likeness (QED) is 0.0389. The molecule has 0 unspecified atom stereocenters. The maximum absolute atomic E-state index is 12.2. The fourth-order valence-electron chi connectivity index (χ4n) is 6.67. The van der Waals surface area contributed by atoms with Crippen LogP contribution in [0.2, 0.25) is 0 Å². The van der Waals surface area contributed by atoms with Crippen LogP contribution in [-0.4, -0.2) is 36.4 Å². The molecular weight excluding hydrogens is 620 g/mol. The number of rotatable bonds is 41. The van der Waals surface area contributed by atoms with Gasteiger partial charge in [0, 0.05) is 12.8 Å². The molecule has 0 aromatic rings. The van der Waals surface area contributed by atoms with Gasteiger partial charge in [0.05, 0.1) is 6.61 Å². The molecule has 0 bridgehead atoms. The third-order valence-corrected chi connectivity index (χ3v) is 10.1. The number of carbonyl (C=O) groups is 2. The Hall–Kier alpha value is -1.36. The van der Waals surface area contributed by atoms with Crippen molar-refractivity contribution in [2.24, 2.45) is 0 Å². The SMILES string of the molecule is CCCCCC/C=C/CCCCCCCC(=O)OC[C@H](CO)OC(=O)CCCCCCCCCCCCCCCCCCCCCCCCC. The van der Waals surface area contributed by atoms with E-state index in [0.717, 1.165) is 44.9 Å². The van der Waals surface area contributed by atoms with E-state index in [0.29, 0.717) is 12.8 Å². The van der Waals surface area contributed by atoms with Gasteiger partial charge in [-0.1, -0.05) is 206 Å². The smallest absolute Gasteiger partial charge is 0.306 e. The van der Waals surface area contributed by atoms with Crippen LogP contribution in [0, 0.1) is 0 Å². The molecule has 5 heteroatoms. The Morgan fingerprint density at radius 2 is 0.740 bits per heavy atom. The lowest BCUT2D eigenvalue weighted by molar-refractivity contribution is -0.161. The Labute approximate surface area is 311 Å². The van der Waals surface area contributed by atoms with Crippen LogP contribution in [0.25, 0.3) is 0 Å². The first kappa shape index (κ1) is 48.6. The summed E-state index contributed by atoms with van der Waals surface area (Å²) in [5.74, 6) is -0.588. The van der Waals surface area contributed by atoms with Crippen molar-refractivity contribution in [2.75, 3.05) is 13.2 Å². The molecule has 296 valence electrons. The monoisotopic (exact) mass is 707 g/mol. The first-order valence-corrected chi connectivity index (χ1v) is 22.2. The lowest BCUT2D eigenvalue weighted by atomic mass is 10.0. The van der Waals surface area contributed by atoms with Gasteiger partial charge < -0.3 is 14.6 Å². The van der Waals surface area contributed by atoms with E-state index in [1.807, 2.05) is 0 Å². The fraction of sp³-hybridized carbons (Fsp3) is 0.911. The molecule has 0 aliphatic rings. The van der Waals surface area contributed by atoms with Gasteiger partial charge >= 0.3 is 11.9 Å². The first-order chi connectivity index (χ1) is 24.6. The predicted octanol–water partition coefficient (Wildman–Crippen LogP) is 14.1. The standard InChI is InChI=1S/C45H86O5/c1-3-5-7-9-11-13-15-17-18-19-20-21-22-23-24-25-26-28-30-32-34-36-38-40-45(48)50-43(41-46)42-49-44(47)39-37-35-33-31-29-27-16-14-12-10-8-6-4-2/h14,16,43,46H,3-13,15,17-42H2,1-2H3/b16-14+/t43-/m0/s1. The summed E-state index contributed by atoms with van der Waals surface area (Å²) in [6.45, 7) is 4.14. The highest BCUT2D eigenvalue weighted by atomic mass is 16.6. The molecule has 50 heavy (non-hydrogen) atoms. The highest BCUT2D eigenvalue weighted by molar-refractivity contribution is 5.70. The van der Waals surface area contributed by atoms with E-state index in [2.05, 4.69) is 26.0 Å². The van der Waals surface area contributed by atoms with Crippen LogP contribution in [-0.2, 0) is 19.1 Å². The van der Waals surface area contributed by atoms with Crippen LogP contribution in [0.15, 0.2) is 12.2 Å². The van der Waals surface area contributed by atoms with E-state index in [4.69, 9.17) is 9.47 Å². The number of hydrogen-bond acceptors (Lipinski definition) is 5. The second-order valence-electron chi connectivity index (χ2n) is 15.1. The van der Waals surface area contributed by atoms with Gasteiger partial charge in [-0.3, -0.25) is 9.59 Å². The van der Waals surface area contributed by atoms with E-state index < -0.39 is 6.10 Å². The summed E-state index contributed by atoms with van der Waals surface area (Å²) < 4.78 is 10.6. The summed E-state index contributed by atoms with van der Waals surface area (Å²) in [4.78, 5) is 24.3. The first-order valence-electron chi connectivity index (χ1n) is 22.2. The Morgan fingerprint density at radius 1 is 0.440 bits per heavy atom. The minimum Gasteiger partial charge on any atom is -0.462 e. The van der Waals surface area contributed by atoms with Crippen LogP contribution < -0.4 is 0 Å². The number of unbranched alkanes of at least 4 members (excludes halogenated alkanes) is 31. The maximum Gasteiger partial charge on any atom is 0.306 e. The molecular formula is C45H86O5. The molecule has 1 N–H and O–H groups in total. The van der Waals surface area contributed by atoms with E-state index in [-0.39, 0.29) is 25.2 Å². The maximum atomic E-state index is 12.2. The highest BCUT2D eigenvalue weighted by Gasteiger charge is 2.16. The van der Waals surface area contributed by atoms with E-state index in [1.165, 1.54) is 173 Å². The number of aliphatic hydroxyl groups excluding tert-OH is 1. The number of hydrogen-bond donors (Lipinski definition) is 1. The number of esters is 2. The molecule has 0 spiro atoms. The van der Waals surface area contributed by atoms with Gasteiger partial charge in [-0.05, 0) is 38.5 Å². The number of aliphatic hydroxyl groups is 1. The summed E-state index contributed by atoms with van der Waals surface area (Å²) in [5, 5.41) is 9.57. The molecule has 0 fully saturated rings. The van der Waals surface area contributed by atoms with Crippen molar-refractivity contribution < 1.29 is 24.2 Å². The largest absolute Gasteiger partial charge is 0.462 e. The number of allylic oxidation sites excluding steroid dienone is 2. The fourth-order valence-corrected chi connectivity index (χ4v) is 6.67. The van der Waals surface area contributed by atoms with Gasteiger partial charge in [-0.25, -0.2) is 0 Å².